The summed E-state index contributed by atoms with van der Waals surface area (Å²) in [5, 5.41) is 1.89. The van der Waals surface area contributed by atoms with Gasteiger partial charge in [0.1, 0.15) is 11.6 Å². The minimum atomic E-state index is -0.431. The molecule has 1 aromatic carbocycles. The number of ether oxygens (including phenoxy) is 1. The van der Waals surface area contributed by atoms with Crippen LogP contribution < -0.4 is 24.8 Å². The zero-order chi connectivity index (χ0) is 27.5. The maximum atomic E-state index is 12.2. The second-order valence-electron chi connectivity index (χ2n) is 9.89. The Kier molecular flexibility index (Phi) is 7.49. The molecule has 3 saturated heterocycles. The number of anilines is 3. The minimum absolute atomic E-state index is 0.287. The van der Waals surface area contributed by atoms with Crippen LogP contribution in [0.4, 0.5) is 22.5 Å². The molecule has 3 aliphatic heterocycles. The first-order chi connectivity index (χ1) is 19.5. The van der Waals surface area contributed by atoms with Gasteiger partial charge in [-0.05, 0) is 56.2 Å². The van der Waals surface area contributed by atoms with E-state index < -0.39 is 11.1 Å². The fourth-order valence-electron chi connectivity index (χ4n) is 4.97. The van der Waals surface area contributed by atoms with Gasteiger partial charge in [0.25, 0.3) is 11.1 Å². The summed E-state index contributed by atoms with van der Waals surface area (Å²) in [6, 6.07) is 13.1. The van der Waals surface area contributed by atoms with E-state index >= 15 is 0 Å². The number of carbonyl (C=O) groups is 2. The van der Waals surface area contributed by atoms with E-state index in [2.05, 4.69) is 31.1 Å². The lowest BCUT2D eigenvalue weighted by atomic mass is 10.3. The van der Waals surface area contributed by atoms with Gasteiger partial charge >= 0.3 is 0 Å². The van der Waals surface area contributed by atoms with E-state index in [1.54, 1.807) is 12.1 Å². The molecule has 3 fully saturated rings. The Morgan fingerprint density at radius 3 is 2.30 bits per heavy atom. The van der Waals surface area contributed by atoms with E-state index in [9.17, 15) is 9.59 Å². The third-order valence-electron chi connectivity index (χ3n) is 6.92. The highest BCUT2D eigenvalue weighted by atomic mass is 32.2. The summed E-state index contributed by atoms with van der Waals surface area (Å²) in [6.07, 6.45) is 4.84. The van der Waals surface area contributed by atoms with Crippen molar-refractivity contribution in [3.63, 3.8) is 0 Å². The highest BCUT2D eigenvalue weighted by molar-refractivity contribution is 8.18. The molecule has 6 rings (SSSR count). The number of imide groups is 1. The zero-order valence-corrected chi connectivity index (χ0v) is 23.1. The number of nitrogens with one attached hydrogen (secondary N) is 1. The lowest BCUT2D eigenvalue weighted by molar-refractivity contribution is -0.115. The van der Waals surface area contributed by atoms with Crippen molar-refractivity contribution in [2.45, 2.75) is 26.2 Å². The minimum Gasteiger partial charge on any atom is -0.439 e. The molecule has 12 heteroatoms. The van der Waals surface area contributed by atoms with Gasteiger partial charge in [0, 0.05) is 57.1 Å². The summed E-state index contributed by atoms with van der Waals surface area (Å²) >= 11 is 0.857. The van der Waals surface area contributed by atoms with Crippen molar-refractivity contribution in [1.82, 2.24) is 25.3 Å². The highest BCUT2D eigenvalue weighted by Crippen LogP contribution is 2.29. The number of aromatic nitrogens is 4. The molecule has 0 atom stereocenters. The van der Waals surface area contributed by atoms with Crippen LogP contribution in [0.3, 0.4) is 0 Å². The van der Waals surface area contributed by atoms with Crippen LogP contribution in [0.15, 0.2) is 47.4 Å². The summed E-state index contributed by atoms with van der Waals surface area (Å²) in [5.41, 5.74) is 1.46. The number of rotatable bonds is 6. The third-order valence-corrected chi connectivity index (χ3v) is 7.73. The molecule has 0 unspecified atom stereocenters. The largest absolute Gasteiger partial charge is 0.439 e. The van der Waals surface area contributed by atoms with Gasteiger partial charge in [-0.15, -0.1) is 0 Å². The van der Waals surface area contributed by atoms with Crippen LogP contribution in [0.5, 0.6) is 11.6 Å². The number of carbonyl (C=O) groups excluding carboxylic acids is 2. The van der Waals surface area contributed by atoms with Crippen molar-refractivity contribution in [3.8, 4) is 11.6 Å². The van der Waals surface area contributed by atoms with Crippen LogP contribution in [0.25, 0.3) is 6.08 Å². The average molecular weight is 559 g/mol. The number of hydrogen-bond acceptors (Lipinski definition) is 11. The Hall–Kier alpha value is -4.19. The third kappa shape index (κ3) is 6.01. The molecule has 40 heavy (non-hydrogen) atoms. The Balaban J connectivity index is 1.25. The highest BCUT2D eigenvalue weighted by Gasteiger charge is 2.26. The molecule has 0 aliphatic carbocycles. The molecule has 0 bridgehead atoms. The first-order valence-electron chi connectivity index (χ1n) is 13.5. The number of hydrogen-bond donors (Lipinski definition) is 1. The molecule has 1 N–H and O–H groups in total. The van der Waals surface area contributed by atoms with E-state index in [4.69, 9.17) is 19.7 Å². The van der Waals surface area contributed by atoms with Crippen LogP contribution in [-0.4, -0.2) is 70.4 Å². The lowest BCUT2D eigenvalue weighted by Crippen LogP contribution is -2.32. The van der Waals surface area contributed by atoms with E-state index in [0.717, 1.165) is 68.4 Å². The van der Waals surface area contributed by atoms with E-state index in [-0.39, 0.29) is 4.91 Å². The van der Waals surface area contributed by atoms with Crippen LogP contribution in [0.1, 0.15) is 30.7 Å². The van der Waals surface area contributed by atoms with E-state index in [0.29, 0.717) is 29.8 Å². The quantitative estimate of drug-likeness (QED) is 0.442. The molecule has 3 aliphatic rings. The predicted octanol–water partition coefficient (Wildman–Crippen LogP) is 4.01. The standard InChI is InChI=1S/C28H30N8O3S/c1-19-16-23(31-26(29-19)35-10-5-6-11-35)34-12-7-13-36(15-14-34)27-30-20(17-22-25(37)33-28(38)40-22)18-24(32-27)39-21-8-3-2-4-9-21/h2-4,8-9,16-18H,5-7,10-15H2,1H3,(H,33,37,38)/b22-17-. The summed E-state index contributed by atoms with van der Waals surface area (Å²) in [6.45, 7) is 7.05. The molecular formula is C28H30N8O3S. The van der Waals surface area contributed by atoms with Gasteiger partial charge in [0.15, 0.2) is 0 Å². The first kappa shape index (κ1) is 26.1. The van der Waals surface area contributed by atoms with Crippen LogP contribution in [0.2, 0.25) is 0 Å². The van der Waals surface area contributed by atoms with Crippen LogP contribution in [-0.2, 0) is 4.79 Å². The normalized spacial score (nSPS) is 18.8. The van der Waals surface area contributed by atoms with Gasteiger partial charge in [-0.1, -0.05) is 18.2 Å². The zero-order valence-electron chi connectivity index (χ0n) is 22.2. The molecule has 3 aromatic rings. The maximum absolute atomic E-state index is 12.2. The summed E-state index contributed by atoms with van der Waals surface area (Å²) in [7, 11) is 0. The van der Waals surface area contributed by atoms with Gasteiger partial charge in [0.05, 0.1) is 10.6 Å². The molecule has 2 amide bonds. The number of thioether (sulfide) groups is 1. The number of amides is 2. The molecule has 5 heterocycles. The van der Waals surface area contributed by atoms with Crippen molar-refractivity contribution >= 4 is 46.7 Å². The molecule has 0 saturated carbocycles. The Morgan fingerprint density at radius 1 is 0.825 bits per heavy atom. The number of nitrogens with zero attached hydrogens (tertiary/aromatic N) is 7. The topological polar surface area (TPSA) is 117 Å². The molecule has 206 valence electrons. The van der Waals surface area contributed by atoms with Crippen molar-refractivity contribution in [1.29, 1.82) is 0 Å². The maximum Gasteiger partial charge on any atom is 0.290 e. The summed E-state index contributed by atoms with van der Waals surface area (Å²) < 4.78 is 6.05. The SMILES string of the molecule is Cc1cc(N2CCCN(c3nc(/C=C4\SC(=O)NC4=O)cc(Oc4ccccc4)n3)CC2)nc(N2CCCC2)n1. The van der Waals surface area contributed by atoms with Gasteiger partial charge in [-0.2, -0.15) is 9.97 Å². The van der Waals surface area contributed by atoms with Gasteiger partial charge < -0.3 is 19.4 Å². The van der Waals surface area contributed by atoms with Gasteiger partial charge in [-0.25, -0.2) is 9.97 Å². The molecule has 0 radical (unpaired) electrons. The smallest absolute Gasteiger partial charge is 0.290 e. The first-order valence-corrected chi connectivity index (χ1v) is 14.3. The lowest BCUT2D eigenvalue weighted by Gasteiger charge is -2.25. The van der Waals surface area contributed by atoms with Crippen molar-refractivity contribution in [2.24, 2.45) is 0 Å². The fourth-order valence-corrected chi connectivity index (χ4v) is 5.63. The monoisotopic (exact) mass is 558 g/mol. The number of aryl methyl sites for hydroxylation is 1. The Morgan fingerprint density at radius 2 is 1.52 bits per heavy atom. The molecule has 11 nitrogen and oxygen atoms in total. The van der Waals surface area contributed by atoms with Gasteiger partial charge in [-0.3, -0.25) is 14.9 Å². The Bertz CT molecular complexity index is 1440. The van der Waals surface area contributed by atoms with Crippen molar-refractivity contribution < 1.29 is 14.3 Å². The van der Waals surface area contributed by atoms with Crippen molar-refractivity contribution in [2.75, 3.05) is 54.0 Å². The fraction of sp³-hybridized carbons (Fsp3) is 0.357. The van der Waals surface area contributed by atoms with Crippen LogP contribution >= 0.6 is 11.8 Å². The van der Waals surface area contributed by atoms with E-state index in [1.807, 2.05) is 37.3 Å². The summed E-state index contributed by atoms with van der Waals surface area (Å²) in [5.74, 6) is 2.84. The average Bonchev–Trinajstić information content (AvgIpc) is 3.51. The predicted molar refractivity (Wildman–Crippen MR) is 155 cm³/mol. The number of para-hydroxylation sites is 1. The van der Waals surface area contributed by atoms with Gasteiger partial charge in [0.2, 0.25) is 17.8 Å². The number of benzene rings is 1. The summed E-state index contributed by atoms with van der Waals surface area (Å²) in [4.78, 5) is 49.9. The van der Waals surface area contributed by atoms with Crippen molar-refractivity contribution in [3.05, 3.63) is 58.8 Å². The molecule has 2 aromatic heterocycles. The van der Waals surface area contributed by atoms with Crippen LogP contribution in [0, 0.1) is 6.92 Å². The van der Waals surface area contributed by atoms with E-state index in [1.165, 1.54) is 12.8 Å². The Labute approximate surface area is 236 Å². The second kappa shape index (κ2) is 11.5. The molecule has 0 spiro atoms. The second-order valence-corrected chi connectivity index (χ2v) is 10.9. The molecular weight excluding hydrogens is 528 g/mol.